The van der Waals surface area contributed by atoms with E-state index < -0.39 is 0 Å². The van der Waals surface area contributed by atoms with Crippen molar-refractivity contribution in [1.82, 2.24) is 0 Å². The number of benzene rings is 1. The molecule has 3 nitrogen and oxygen atoms in total. The first kappa shape index (κ1) is 20.0. The Labute approximate surface area is 180 Å². The van der Waals surface area contributed by atoms with E-state index in [1.165, 1.54) is 30.4 Å². The van der Waals surface area contributed by atoms with Crippen LogP contribution in [0, 0.1) is 41.4 Å². The molecule has 30 heavy (non-hydrogen) atoms. The molecular weight excluding hydrogens is 370 g/mol. The van der Waals surface area contributed by atoms with Crippen LogP contribution in [0.25, 0.3) is 0 Å². The minimum absolute atomic E-state index is 0.108. The van der Waals surface area contributed by atoms with Crippen LogP contribution in [0.15, 0.2) is 35.9 Å². The Bertz CT molecular complexity index is 917. The van der Waals surface area contributed by atoms with Crippen molar-refractivity contribution in [3.8, 4) is 0 Å². The summed E-state index contributed by atoms with van der Waals surface area (Å²) < 4.78 is 0. The van der Waals surface area contributed by atoms with Crippen molar-refractivity contribution in [2.45, 2.75) is 72.1 Å². The van der Waals surface area contributed by atoms with Crippen LogP contribution in [0.4, 0.5) is 5.69 Å². The topological polar surface area (TPSA) is 46.2 Å². The quantitative estimate of drug-likeness (QED) is 0.648. The van der Waals surface area contributed by atoms with Crippen molar-refractivity contribution in [3.63, 3.8) is 0 Å². The highest BCUT2D eigenvalue weighted by Crippen LogP contribution is 2.66. The number of amides is 1. The number of hydrogen-bond donors (Lipinski definition) is 1. The highest BCUT2D eigenvalue weighted by Gasteiger charge is 2.60. The summed E-state index contributed by atoms with van der Waals surface area (Å²) in [5.41, 5.74) is 3.84. The Balaban J connectivity index is 1.37. The molecule has 3 saturated carbocycles. The number of fused-ring (bicyclic) bond motifs is 5. The molecule has 1 amide bonds. The summed E-state index contributed by atoms with van der Waals surface area (Å²) in [7, 11) is 0. The average molecular weight is 406 g/mol. The van der Waals surface area contributed by atoms with Crippen molar-refractivity contribution in [2.75, 3.05) is 5.32 Å². The maximum Gasteiger partial charge on any atom is 0.228 e. The van der Waals surface area contributed by atoms with Gasteiger partial charge in [0.05, 0.1) is 0 Å². The van der Waals surface area contributed by atoms with E-state index in [0.29, 0.717) is 30.0 Å². The lowest BCUT2D eigenvalue weighted by Crippen LogP contribution is -2.51. The lowest BCUT2D eigenvalue weighted by Gasteiger charge is -2.58. The largest absolute Gasteiger partial charge is 0.326 e. The van der Waals surface area contributed by atoms with Crippen molar-refractivity contribution in [2.24, 2.45) is 34.5 Å². The van der Waals surface area contributed by atoms with Gasteiger partial charge in [0, 0.05) is 18.0 Å². The Hall–Kier alpha value is -1.90. The number of rotatable bonds is 2. The molecule has 0 radical (unpaired) electrons. The van der Waals surface area contributed by atoms with Gasteiger partial charge in [-0.3, -0.25) is 9.59 Å². The summed E-state index contributed by atoms with van der Waals surface area (Å²) in [5, 5.41) is 3.23. The highest BCUT2D eigenvalue weighted by atomic mass is 16.2. The van der Waals surface area contributed by atoms with Gasteiger partial charge < -0.3 is 5.32 Å². The Morgan fingerprint density at radius 1 is 1.03 bits per heavy atom. The van der Waals surface area contributed by atoms with Gasteiger partial charge in [-0.25, -0.2) is 0 Å². The monoisotopic (exact) mass is 405 g/mol. The van der Waals surface area contributed by atoms with Gasteiger partial charge in [0.15, 0.2) is 5.78 Å². The van der Waals surface area contributed by atoms with E-state index in [-0.39, 0.29) is 22.7 Å². The van der Waals surface area contributed by atoms with Gasteiger partial charge >= 0.3 is 0 Å². The molecule has 0 saturated heterocycles. The van der Waals surface area contributed by atoms with E-state index in [0.717, 1.165) is 31.4 Å². The lowest BCUT2D eigenvalue weighted by molar-refractivity contribution is -0.127. The maximum absolute atomic E-state index is 13.3. The molecule has 1 N–H and O–H groups in total. The highest BCUT2D eigenvalue weighted by molar-refractivity contribution is 5.93. The second-order valence-corrected chi connectivity index (χ2v) is 11.0. The molecular formula is C27H35NO2. The first-order chi connectivity index (χ1) is 14.3. The summed E-state index contributed by atoms with van der Waals surface area (Å²) in [6.45, 7) is 6.90. The number of allylic oxidation sites excluding steroid dienone is 1. The van der Waals surface area contributed by atoms with Gasteiger partial charge in [-0.2, -0.15) is 0 Å². The summed E-state index contributed by atoms with van der Waals surface area (Å²) >= 11 is 0. The zero-order chi connectivity index (χ0) is 21.1. The van der Waals surface area contributed by atoms with E-state index in [9.17, 15) is 9.59 Å². The van der Waals surface area contributed by atoms with Gasteiger partial charge in [0.1, 0.15) is 0 Å². The third-order valence-corrected chi connectivity index (χ3v) is 9.56. The average Bonchev–Trinajstić information content (AvgIpc) is 3.06. The smallest absolute Gasteiger partial charge is 0.228 e. The fraction of sp³-hybridized carbons (Fsp3) is 0.630. The van der Waals surface area contributed by atoms with E-state index in [1.54, 1.807) is 0 Å². The van der Waals surface area contributed by atoms with Crippen molar-refractivity contribution < 1.29 is 9.59 Å². The van der Waals surface area contributed by atoms with Gasteiger partial charge in [-0.15, -0.1) is 0 Å². The number of ketones is 1. The SMILES string of the molecule is Cc1cccc(NC(=O)C2CC[C@H]3[C@@H]4CCC5=CC(=O)CC[C@]5(C)[C@@H]4CC[C@]23C)c1. The van der Waals surface area contributed by atoms with Crippen LogP contribution < -0.4 is 5.32 Å². The van der Waals surface area contributed by atoms with Gasteiger partial charge in [-0.05, 0) is 104 Å². The number of aryl methyl sites for hydroxylation is 1. The molecule has 1 unspecified atom stereocenters. The molecule has 1 aromatic rings. The molecule has 1 aromatic carbocycles. The zero-order valence-electron chi connectivity index (χ0n) is 18.7. The van der Waals surface area contributed by atoms with E-state index in [1.807, 2.05) is 18.2 Å². The molecule has 0 bridgehead atoms. The number of hydrogen-bond acceptors (Lipinski definition) is 2. The molecule has 0 heterocycles. The molecule has 0 aromatic heterocycles. The fourth-order valence-electron chi connectivity index (χ4n) is 7.94. The standard InChI is InChI=1S/C27H35NO2/c1-17-5-4-6-19(15-17)28-25(30)24-10-9-22-21-8-7-18-16-20(29)11-13-26(18,2)23(21)12-14-27(22,24)3/h4-6,15-16,21-24H,7-14H2,1-3H3,(H,28,30)/t21-,22-,23+,24?,26-,27-/m0/s1. The number of carbonyl (C=O) groups is 2. The first-order valence-corrected chi connectivity index (χ1v) is 11.9. The maximum atomic E-state index is 13.3. The molecule has 160 valence electrons. The van der Waals surface area contributed by atoms with E-state index in [4.69, 9.17) is 0 Å². The Kier molecular flexibility index (Phi) is 4.72. The minimum Gasteiger partial charge on any atom is -0.326 e. The van der Waals surface area contributed by atoms with Crippen molar-refractivity contribution in [3.05, 3.63) is 41.5 Å². The number of nitrogens with one attached hydrogen (secondary N) is 1. The van der Waals surface area contributed by atoms with Crippen LogP contribution in [0.3, 0.4) is 0 Å². The molecule has 4 aliphatic rings. The van der Waals surface area contributed by atoms with Gasteiger partial charge in [0.25, 0.3) is 0 Å². The second kappa shape index (κ2) is 7.07. The first-order valence-electron chi connectivity index (χ1n) is 11.9. The van der Waals surface area contributed by atoms with Gasteiger partial charge in [-0.1, -0.05) is 31.6 Å². The lowest BCUT2D eigenvalue weighted by atomic mass is 9.47. The second-order valence-electron chi connectivity index (χ2n) is 11.0. The zero-order valence-corrected chi connectivity index (χ0v) is 18.7. The van der Waals surface area contributed by atoms with Gasteiger partial charge in [0.2, 0.25) is 5.91 Å². The predicted octanol–water partition coefficient (Wildman–Crippen LogP) is 6.08. The van der Waals surface area contributed by atoms with Crippen LogP contribution in [0.2, 0.25) is 0 Å². The van der Waals surface area contributed by atoms with Crippen LogP contribution in [0.1, 0.15) is 70.8 Å². The van der Waals surface area contributed by atoms with Crippen LogP contribution >= 0.6 is 0 Å². The summed E-state index contributed by atoms with van der Waals surface area (Å²) in [5.74, 6) is 2.69. The number of carbonyl (C=O) groups excluding carboxylic acids is 2. The molecule has 4 aliphatic carbocycles. The van der Waals surface area contributed by atoms with Crippen LogP contribution in [-0.4, -0.2) is 11.7 Å². The molecule has 3 heteroatoms. The molecule has 5 rings (SSSR count). The predicted molar refractivity (Wildman–Crippen MR) is 120 cm³/mol. The molecule has 0 spiro atoms. The van der Waals surface area contributed by atoms with Crippen LogP contribution in [0.5, 0.6) is 0 Å². The summed E-state index contributed by atoms with van der Waals surface area (Å²) in [4.78, 5) is 25.3. The normalized spacial score (nSPS) is 40.1. The molecule has 0 aliphatic heterocycles. The van der Waals surface area contributed by atoms with E-state index in [2.05, 4.69) is 38.2 Å². The third kappa shape index (κ3) is 2.99. The summed E-state index contributed by atoms with van der Waals surface area (Å²) in [6, 6.07) is 8.13. The van der Waals surface area contributed by atoms with Crippen LogP contribution in [-0.2, 0) is 9.59 Å². The third-order valence-electron chi connectivity index (χ3n) is 9.56. The summed E-state index contributed by atoms with van der Waals surface area (Å²) in [6.07, 6.45) is 10.5. The Morgan fingerprint density at radius 2 is 1.87 bits per heavy atom. The number of anilines is 1. The van der Waals surface area contributed by atoms with E-state index >= 15 is 0 Å². The molecule has 6 atom stereocenters. The minimum atomic E-state index is 0.108. The van der Waals surface area contributed by atoms with Crippen molar-refractivity contribution >= 4 is 17.4 Å². The molecule has 3 fully saturated rings. The van der Waals surface area contributed by atoms with Crippen molar-refractivity contribution in [1.29, 1.82) is 0 Å². The fourth-order valence-corrected chi connectivity index (χ4v) is 7.94. The Morgan fingerprint density at radius 3 is 2.67 bits per heavy atom.